The van der Waals surface area contributed by atoms with Crippen LogP contribution in [0.5, 0.6) is 0 Å². The van der Waals surface area contributed by atoms with E-state index in [0.29, 0.717) is 0 Å². The van der Waals surface area contributed by atoms with Crippen LogP contribution in [0, 0.1) is 0 Å². The predicted octanol–water partition coefficient (Wildman–Crippen LogP) is -2.13. The van der Waals surface area contributed by atoms with Gasteiger partial charge in [-0.15, -0.1) is 0 Å². The van der Waals surface area contributed by atoms with E-state index in [0.717, 1.165) is 0 Å². The zero-order valence-electron chi connectivity index (χ0n) is 7.12. The quantitative estimate of drug-likeness (QED) is 0.262. The number of rotatable bonds is 0. The third-order valence-electron chi connectivity index (χ3n) is 0. The summed E-state index contributed by atoms with van der Waals surface area (Å²) in [7, 11) is 0. The molecular weight excluding hydrogens is 607 g/mol. The van der Waals surface area contributed by atoms with Crippen molar-refractivity contribution in [3.05, 3.63) is 0 Å². The van der Waals surface area contributed by atoms with E-state index in [-0.39, 0.29) is 154 Å². The maximum absolute atomic E-state index is 0. The van der Waals surface area contributed by atoms with Gasteiger partial charge in [0, 0.05) is 21.1 Å². The van der Waals surface area contributed by atoms with Crippen molar-refractivity contribution in [1.29, 1.82) is 0 Å². The van der Waals surface area contributed by atoms with Gasteiger partial charge in [-0.1, -0.05) is 0 Å². The van der Waals surface area contributed by atoms with Crippen molar-refractivity contribution in [2.45, 2.75) is 0 Å². The minimum absolute atomic E-state index is 0. The van der Waals surface area contributed by atoms with E-state index < -0.39 is 0 Å². The fourth-order valence-corrected chi connectivity index (χ4v) is 0. The van der Waals surface area contributed by atoms with Crippen LogP contribution in [-0.2, 0) is 87.9 Å². The second-order valence-electron chi connectivity index (χ2n) is 0. The van der Waals surface area contributed by atoms with Gasteiger partial charge in [0.15, 0.2) is 0 Å². The van der Waals surface area contributed by atoms with Crippen LogP contribution in [0.4, 0.5) is 0 Å². The van der Waals surface area contributed by atoms with E-state index >= 15 is 0 Å². The summed E-state index contributed by atoms with van der Waals surface area (Å²) in [5.74, 6) is 0. The molecule has 0 bridgehead atoms. The van der Waals surface area contributed by atoms with Gasteiger partial charge in [0.25, 0.3) is 0 Å². The Morgan fingerprint density at radius 3 is 0.294 bits per heavy atom. The molecule has 0 rings (SSSR count). The van der Waals surface area contributed by atoms with Crippen molar-refractivity contribution in [3.63, 3.8) is 0 Å². The van der Waals surface area contributed by atoms with Gasteiger partial charge >= 0.3 is 66.8 Å². The third-order valence-corrected chi connectivity index (χ3v) is 0. The van der Waals surface area contributed by atoms with Crippen molar-refractivity contribution in [3.8, 4) is 0 Å². The molecule has 0 unspecified atom stereocenters. The summed E-state index contributed by atoms with van der Waals surface area (Å²) in [5, 5.41) is 0. The van der Waals surface area contributed by atoms with E-state index in [1.807, 2.05) is 0 Å². The Morgan fingerprint density at radius 1 is 0.294 bits per heavy atom. The van der Waals surface area contributed by atoms with Gasteiger partial charge in [0.05, 0.1) is 0 Å². The van der Waals surface area contributed by atoms with Gasteiger partial charge < -0.3 is 65.7 Å². The van der Waals surface area contributed by atoms with E-state index in [1.165, 1.54) is 0 Å². The predicted molar refractivity (Wildman–Crippen MR) is 23.2 cm³/mol. The molecule has 2 radical (unpaired) electrons. The van der Waals surface area contributed by atoms with Crippen LogP contribution in [0.25, 0.3) is 0 Å². The number of hydrogen-bond donors (Lipinski definition) is 0. The average molecular weight is 619 g/mol. The summed E-state index contributed by atoms with van der Waals surface area (Å²) in [6.07, 6.45) is 0. The van der Waals surface area contributed by atoms with E-state index in [2.05, 4.69) is 0 Å². The maximum atomic E-state index is 0. The fraction of sp³-hybridized carbons (Fsp3) is 0. The first-order valence-corrected chi connectivity index (χ1v) is 0. The van der Waals surface area contributed by atoms with Crippen LogP contribution in [0.15, 0.2) is 0 Å². The van der Waals surface area contributed by atoms with Gasteiger partial charge in [-0.2, -0.15) is 0 Å². The largest absolute Gasteiger partial charge is 2.00 e. The first-order valence-electron chi connectivity index (χ1n) is 0. The van der Waals surface area contributed by atoms with Gasteiger partial charge in [-0.05, 0) is 0 Å². The minimum Gasteiger partial charge on any atom is -0.870 e. The van der Waals surface area contributed by atoms with Gasteiger partial charge in [0.1, 0.15) is 0 Å². The average Bonchev–Trinajstić information content (AvgIpc) is 0. The summed E-state index contributed by atoms with van der Waals surface area (Å²) in [6.45, 7) is 0. The van der Waals surface area contributed by atoms with Crippen molar-refractivity contribution in [1.82, 2.24) is 0 Å². The second-order valence-corrected chi connectivity index (χ2v) is 0. The SMILES string of the molecule is [Co+2].[Mn+2].[Ni+2].[Ni+2].[OH-].[OH-].[OH-].[OH-].[OH-].[OH-].[OH-].[OH-].[OH-].[OH-].[OH-].[OH-].[W]. The summed E-state index contributed by atoms with van der Waals surface area (Å²) in [4.78, 5) is 0. The molecule has 0 aliphatic carbocycles. The van der Waals surface area contributed by atoms with Crippen LogP contribution in [0.1, 0.15) is 0 Å². The molecule has 0 saturated carbocycles. The molecule has 130 valence electrons. The van der Waals surface area contributed by atoms with Gasteiger partial charge in [-0.25, -0.2) is 0 Å². The molecule has 0 aromatic rings. The smallest absolute Gasteiger partial charge is 0.870 e. The van der Waals surface area contributed by atoms with E-state index in [1.54, 1.807) is 0 Å². The molecule has 0 aliphatic heterocycles. The molecule has 0 atom stereocenters. The summed E-state index contributed by atoms with van der Waals surface area (Å²) in [6, 6.07) is 0. The molecule has 0 aromatic heterocycles. The molecule has 12 nitrogen and oxygen atoms in total. The van der Waals surface area contributed by atoms with Crippen molar-refractivity contribution < 1.29 is 154 Å². The molecule has 0 amide bonds. The maximum Gasteiger partial charge on any atom is 2.00 e. The van der Waals surface area contributed by atoms with Crippen LogP contribution in [-0.4, -0.2) is 65.7 Å². The Hall–Kier alpha value is 2.22. The molecule has 12 N–H and O–H groups in total. The molecule has 17 heavy (non-hydrogen) atoms. The molecule has 0 spiro atoms. The Labute approximate surface area is 153 Å². The van der Waals surface area contributed by atoms with Crippen molar-refractivity contribution in [2.75, 3.05) is 0 Å². The number of hydrogen-bond acceptors (Lipinski definition) is 12. The minimum atomic E-state index is 0. The zero-order chi connectivity index (χ0) is 0. The van der Waals surface area contributed by atoms with E-state index in [4.69, 9.17) is 0 Å². The Morgan fingerprint density at radius 2 is 0.294 bits per heavy atom. The van der Waals surface area contributed by atoms with Gasteiger partial charge in [-0.3, -0.25) is 0 Å². The van der Waals surface area contributed by atoms with Crippen LogP contribution < -0.4 is 0 Å². The summed E-state index contributed by atoms with van der Waals surface area (Å²) in [5.41, 5.74) is 0. The Balaban J connectivity index is 0. The summed E-state index contributed by atoms with van der Waals surface area (Å²) < 4.78 is 0. The first-order chi connectivity index (χ1) is 0. The zero-order valence-corrected chi connectivity index (χ0v) is 14.2. The molecular formula is H12CoMnNi2O12W-4. The summed E-state index contributed by atoms with van der Waals surface area (Å²) >= 11 is 0. The Kier molecular flexibility index (Phi) is 83300. The Bertz CT molecular complexity index is 24.5. The monoisotopic (exact) mass is 618 g/mol. The molecule has 0 saturated heterocycles. The van der Waals surface area contributed by atoms with Crippen LogP contribution in [0.2, 0.25) is 0 Å². The van der Waals surface area contributed by atoms with Crippen LogP contribution in [0.3, 0.4) is 0 Å². The van der Waals surface area contributed by atoms with E-state index in [9.17, 15) is 0 Å². The van der Waals surface area contributed by atoms with Crippen molar-refractivity contribution in [2.24, 2.45) is 0 Å². The first kappa shape index (κ1) is 1290. The molecule has 0 aromatic carbocycles. The standard InChI is InChI=1S/Co.Mn.2Ni.12H2O.W/h;;;;12*1H2;/q4*+2;;;;;;;;;;;;;/p-12. The van der Waals surface area contributed by atoms with Crippen LogP contribution >= 0.6 is 0 Å². The van der Waals surface area contributed by atoms with Gasteiger partial charge in [0.2, 0.25) is 0 Å². The normalized spacial score (nSPS) is 0. The third kappa shape index (κ3) is 972. The fourth-order valence-electron chi connectivity index (χ4n) is 0. The molecule has 0 heterocycles. The molecule has 0 fully saturated rings. The molecule has 17 heteroatoms. The topological polar surface area (TPSA) is 360 Å². The molecule has 0 aliphatic rings. The van der Waals surface area contributed by atoms with Crippen molar-refractivity contribution >= 4 is 0 Å². The second kappa shape index (κ2) is 1100.